The number of nitrogens with one attached hydrogen (secondary N) is 1. The van der Waals surface area contributed by atoms with Gasteiger partial charge in [0.2, 0.25) is 11.7 Å². The Hall–Kier alpha value is -3.20. The van der Waals surface area contributed by atoms with Crippen molar-refractivity contribution < 1.29 is 13.9 Å². The van der Waals surface area contributed by atoms with Crippen molar-refractivity contribution >= 4 is 5.91 Å². The van der Waals surface area contributed by atoms with Gasteiger partial charge in [-0.25, -0.2) is 9.97 Å². The van der Waals surface area contributed by atoms with E-state index in [1.807, 2.05) is 31.2 Å². The number of oxazole rings is 1. The molecule has 146 valence electrons. The molecule has 1 saturated heterocycles. The second-order valence-corrected chi connectivity index (χ2v) is 6.65. The van der Waals surface area contributed by atoms with Crippen LogP contribution in [0.4, 0.5) is 0 Å². The number of methoxy groups -OCH3 is 1. The van der Waals surface area contributed by atoms with Crippen LogP contribution in [-0.2, 0) is 6.54 Å². The average Bonchev–Trinajstić information content (AvgIpc) is 3.39. The third kappa shape index (κ3) is 3.74. The zero-order chi connectivity index (χ0) is 19.5. The summed E-state index contributed by atoms with van der Waals surface area (Å²) < 4.78 is 11.1. The monoisotopic (exact) mass is 382 g/mol. The number of ether oxygens (including phenoxy) is 1. The predicted molar refractivity (Wildman–Crippen MR) is 101 cm³/mol. The molecule has 4 rings (SSSR count). The first-order valence-electron chi connectivity index (χ1n) is 9.12. The van der Waals surface area contributed by atoms with E-state index in [0.29, 0.717) is 25.5 Å². The van der Waals surface area contributed by atoms with E-state index in [-0.39, 0.29) is 11.7 Å². The van der Waals surface area contributed by atoms with Crippen molar-refractivity contribution in [3.63, 3.8) is 0 Å². The number of rotatable bonds is 5. The fraction of sp³-hybridized carbons (Fsp3) is 0.368. The summed E-state index contributed by atoms with van der Waals surface area (Å²) in [5, 5.41) is 6.36. The Morgan fingerprint density at radius 2 is 1.96 bits per heavy atom. The number of hydrogen-bond acceptors (Lipinski definition) is 7. The second-order valence-electron chi connectivity index (χ2n) is 6.65. The average molecular weight is 382 g/mol. The van der Waals surface area contributed by atoms with Crippen LogP contribution in [0.5, 0.6) is 5.75 Å². The zero-order valence-electron chi connectivity index (χ0n) is 15.9. The molecule has 0 bridgehead atoms. The van der Waals surface area contributed by atoms with E-state index in [4.69, 9.17) is 9.15 Å². The Morgan fingerprint density at radius 3 is 2.61 bits per heavy atom. The minimum Gasteiger partial charge on any atom is -0.497 e. The molecule has 1 aliphatic heterocycles. The van der Waals surface area contributed by atoms with E-state index >= 15 is 0 Å². The van der Waals surface area contributed by atoms with Crippen molar-refractivity contribution in [3.05, 3.63) is 47.9 Å². The predicted octanol–water partition coefficient (Wildman–Crippen LogP) is 1.73. The third-order valence-corrected chi connectivity index (χ3v) is 4.88. The first-order valence-corrected chi connectivity index (χ1v) is 9.12. The number of carbonyl (C=O) groups excluding carboxylic acids is 1. The largest absolute Gasteiger partial charge is 0.497 e. The summed E-state index contributed by atoms with van der Waals surface area (Å²) in [6.45, 7) is 5.44. The summed E-state index contributed by atoms with van der Waals surface area (Å²) in [5.74, 6) is 2.38. The summed E-state index contributed by atoms with van der Waals surface area (Å²) in [7, 11) is 1.64. The number of aromatic amines is 1. The highest BCUT2D eigenvalue weighted by molar-refractivity contribution is 5.90. The topological polar surface area (TPSA) is 100 Å². The molecule has 3 aromatic rings. The third-order valence-electron chi connectivity index (χ3n) is 4.88. The lowest BCUT2D eigenvalue weighted by Crippen LogP contribution is -2.48. The second kappa shape index (κ2) is 7.81. The molecule has 1 aliphatic rings. The number of H-pyrrole nitrogens is 1. The molecule has 0 spiro atoms. The molecule has 28 heavy (non-hydrogen) atoms. The van der Waals surface area contributed by atoms with Crippen LogP contribution in [0.15, 0.2) is 35.0 Å². The summed E-state index contributed by atoms with van der Waals surface area (Å²) >= 11 is 0. The summed E-state index contributed by atoms with van der Waals surface area (Å²) in [6.07, 6.45) is 1.34. The van der Waals surface area contributed by atoms with Gasteiger partial charge in [-0.2, -0.15) is 5.10 Å². The lowest BCUT2D eigenvalue weighted by atomic mass is 10.2. The highest BCUT2D eigenvalue weighted by Gasteiger charge is 2.25. The van der Waals surface area contributed by atoms with Crippen LogP contribution in [0.1, 0.15) is 22.1 Å². The van der Waals surface area contributed by atoms with Gasteiger partial charge in [0.15, 0.2) is 0 Å². The molecule has 0 aliphatic carbocycles. The molecule has 3 heterocycles. The number of carbonyl (C=O) groups is 1. The Morgan fingerprint density at radius 1 is 1.21 bits per heavy atom. The van der Waals surface area contributed by atoms with Gasteiger partial charge in [-0.1, -0.05) is 0 Å². The molecule has 2 aromatic heterocycles. The molecule has 0 atom stereocenters. The molecule has 1 fully saturated rings. The van der Waals surface area contributed by atoms with Crippen LogP contribution in [0.3, 0.4) is 0 Å². The van der Waals surface area contributed by atoms with Gasteiger partial charge in [-0.05, 0) is 31.2 Å². The Bertz CT molecular complexity index is 927. The van der Waals surface area contributed by atoms with Gasteiger partial charge in [-0.3, -0.25) is 14.8 Å². The number of hydrogen-bond donors (Lipinski definition) is 1. The molecule has 0 saturated carbocycles. The minimum atomic E-state index is -0.114. The van der Waals surface area contributed by atoms with Crippen molar-refractivity contribution in [1.29, 1.82) is 0 Å². The number of aryl methyl sites for hydroxylation is 1. The number of amides is 1. The first kappa shape index (κ1) is 18.2. The van der Waals surface area contributed by atoms with E-state index in [0.717, 1.165) is 35.9 Å². The van der Waals surface area contributed by atoms with Crippen LogP contribution in [-0.4, -0.2) is 69.2 Å². The van der Waals surface area contributed by atoms with Gasteiger partial charge in [-0.15, -0.1) is 0 Å². The Balaban J connectivity index is 1.37. The standard InChI is InChI=1S/C19H22N6O3/c1-13-16(22-18(28-13)14-3-5-15(27-2)6-4-14)11-24-7-9-25(10-8-24)19(26)17-20-12-21-23-17/h3-6,12H,7-11H2,1-2H3,(H,20,21,23). The Labute approximate surface area is 162 Å². The fourth-order valence-corrected chi connectivity index (χ4v) is 3.21. The first-order chi connectivity index (χ1) is 13.6. The maximum absolute atomic E-state index is 12.3. The molecule has 1 amide bonds. The molecule has 1 aromatic carbocycles. The molecule has 9 nitrogen and oxygen atoms in total. The van der Waals surface area contributed by atoms with Gasteiger partial charge in [0.25, 0.3) is 5.91 Å². The molecule has 0 radical (unpaired) electrons. The maximum atomic E-state index is 12.3. The fourth-order valence-electron chi connectivity index (χ4n) is 3.21. The quantitative estimate of drug-likeness (QED) is 0.717. The van der Waals surface area contributed by atoms with E-state index < -0.39 is 0 Å². The Kier molecular flexibility index (Phi) is 5.07. The van der Waals surface area contributed by atoms with E-state index in [1.165, 1.54) is 6.33 Å². The van der Waals surface area contributed by atoms with Crippen LogP contribution in [0.25, 0.3) is 11.5 Å². The maximum Gasteiger partial charge on any atom is 0.291 e. The van der Waals surface area contributed by atoms with Crippen LogP contribution in [0.2, 0.25) is 0 Å². The van der Waals surface area contributed by atoms with E-state index in [2.05, 4.69) is 25.1 Å². The van der Waals surface area contributed by atoms with Crippen molar-refractivity contribution in [1.82, 2.24) is 30.0 Å². The van der Waals surface area contributed by atoms with Crippen molar-refractivity contribution in [2.24, 2.45) is 0 Å². The molecular formula is C19H22N6O3. The lowest BCUT2D eigenvalue weighted by molar-refractivity contribution is 0.0615. The summed E-state index contributed by atoms with van der Waals surface area (Å²) in [4.78, 5) is 25.0. The molecule has 0 unspecified atom stereocenters. The number of piperazine rings is 1. The smallest absolute Gasteiger partial charge is 0.291 e. The number of aromatic nitrogens is 4. The summed E-state index contributed by atoms with van der Waals surface area (Å²) in [5.41, 5.74) is 1.83. The molecular weight excluding hydrogens is 360 g/mol. The molecule has 1 N–H and O–H groups in total. The van der Waals surface area contributed by atoms with Gasteiger partial charge < -0.3 is 14.1 Å². The van der Waals surface area contributed by atoms with Crippen molar-refractivity contribution in [2.45, 2.75) is 13.5 Å². The van der Waals surface area contributed by atoms with E-state index in [9.17, 15) is 4.79 Å². The number of benzene rings is 1. The van der Waals surface area contributed by atoms with E-state index in [1.54, 1.807) is 12.0 Å². The van der Waals surface area contributed by atoms with Crippen molar-refractivity contribution in [3.8, 4) is 17.2 Å². The van der Waals surface area contributed by atoms with Crippen molar-refractivity contribution in [2.75, 3.05) is 33.3 Å². The van der Waals surface area contributed by atoms with Crippen LogP contribution < -0.4 is 4.74 Å². The SMILES string of the molecule is COc1ccc(-c2nc(CN3CCN(C(=O)c4ncn[nH]4)CC3)c(C)o2)cc1. The van der Waals surface area contributed by atoms with Crippen LogP contribution >= 0.6 is 0 Å². The van der Waals surface area contributed by atoms with Gasteiger partial charge in [0.05, 0.1) is 12.8 Å². The highest BCUT2D eigenvalue weighted by atomic mass is 16.5. The zero-order valence-corrected chi connectivity index (χ0v) is 15.9. The highest BCUT2D eigenvalue weighted by Crippen LogP contribution is 2.25. The van der Waals surface area contributed by atoms with Gasteiger partial charge in [0, 0.05) is 38.3 Å². The molecule has 9 heteroatoms. The van der Waals surface area contributed by atoms with Crippen LogP contribution in [0, 0.1) is 6.92 Å². The number of nitrogens with zero attached hydrogens (tertiary/aromatic N) is 5. The van der Waals surface area contributed by atoms with Gasteiger partial charge >= 0.3 is 0 Å². The van der Waals surface area contributed by atoms with Gasteiger partial charge in [0.1, 0.15) is 17.8 Å². The summed E-state index contributed by atoms with van der Waals surface area (Å²) in [6, 6.07) is 7.64. The minimum absolute atomic E-state index is 0.114. The lowest BCUT2D eigenvalue weighted by Gasteiger charge is -2.33. The normalized spacial score (nSPS) is 15.0.